The summed E-state index contributed by atoms with van der Waals surface area (Å²) in [4.78, 5) is 12.7. The first-order valence-electron chi connectivity index (χ1n) is 9.07. The Morgan fingerprint density at radius 1 is 1.11 bits per heavy atom. The minimum absolute atomic E-state index is 0.100. The van der Waals surface area contributed by atoms with Crippen LogP contribution in [0.5, 0.6) is 5.75 Å². The Hall–Kier alpha value is -2.38. The van der Waals surface area contributed by atoms with Gasteiger partial charge >= 0.3 is 0 Å². The summed E-state index contributed by atoms with van der Waals surface area (Å²) >= 11 is 0. The van der Waals surface area contributed by atoms with E-state index in [4.69, 9.17) is 4.74 Å². The first kappa shape index (κ1) is 19.4. The van der Waals surface area contributed by atoms with Crippen LogP contribution in [0, 0.1) is 0 Å². The first-order valence-corrected chi connectivity index (χ1v) is 10.6. The summed E-state index contributed by atoms with van der Waals surface area (Å²) in [5, 5.41) is 2.89. The number of hydrogen-bond acceptors (Lipinski definition) is 4. The lowest BCUT2D eigenvalue weighted by atomic mass is 10.1. The summed E-state index contributed by atoms with van der Waals surface area (Å²) in [6, 6.07) is 14.8. The fourth-order valence-electron chi connectivity index (χ4n) is 2.70. The lowest BCUT2D eigenvalue weighted by Crippen LogP contribution is -2.48. The molecule has 0 aliphatic heterocycles. The number of rotatable bonds is 9. The highest BCUT2D eigenvalue weighted by molar-refractivity contribution is 7.89. The Morgan fingerprint density at radius 3 is 2.37 bits per heavy atom. The Bertz CT molecular complexity index is 863. The average Bonchev–Trinajstić information content (AvgIpc) is 3.46. The third kappa shape index (κ3) is 5.55. The minimum Gasteiger partial charge on any atom is -0.494 e. The zero-order chi connectivity index (χ0) is 19.3. The molecule has 0 saturated heterocycles. The van der Waals surface area contributed by atoms with Gasteiger partial charge in [-0.15, -0.1) is 0 Å². The molecule has 0 spiro atoms. The van der Waals surface area contributed by atoms with E-state index in [1.165, 1.54) is 12.1 Å². The smallest absolute Gasteiger partial charge is 0.241 e. The van der Waals surface area contributed by atoms with Crippen molar-refractivity contribution in [2.45, 2.75) is 43.2 Å². The first-order chi connectivity index (χ1) is 13.0. The predicted molar refractivity (Wildman–Crippen MR) is 103 cm³/mol. The molecule has 1 atom stereocenters. The molecule has 0 radical (unpaired) electrons. The van der Waals surface area contributed by atoms with E-state index in [0.29, 0.717) is 12.4 Å². The number of ether oxygens (including phenoxy) is 1. The summed E-state index contributed by atoms with van der Waals surface area (Å²) in [6.07, 6.45) is 2.17. The zero-order valence-corrected chi connectivity index (χ0v) is 16.0. The number of amides is 1. The standard InChI is InChI=1S/C20H24N2O4S/c1-2-26-17-10-12-18(13-11-17)27(24,25)22-19(20(23)21-16-8-9-16)14-15-6-4-3-5-7-15/h3-7,10-13,16,19,22H,2,8-9,14H2,1H3,(H,21,23)/t19-/m0/s1. The van der Waals surface area contributed by atoms with E-state index in [-0.39, 0.29) is 23.3 Å². The number of carbonyl (C=O) groups excluding carboxylic acids is 1. The van der Waals surface area contributed by atoms with Crippen LogP contribution < -0.4 is 14.8 Å². The summed E-state index contributed by atoms with van der Waals surface area (Å²) in [5.41, 5.74) is 0.892. The molecule has 0 aromatic heterocycles. The molecule has 0 unspecified atom stereocenters. The van der Waals surface area contributed by atoms with E-state index in [1.807, 2.05) is 37.3 Å². The molecule has 1 saturated carbocycles. The third-order valence-corrected chi connectivity index (χ3v) is 5.75. The van der Waals surface area contributed by atoms with E-state index in [2.05, 4.69) is 10.0 Å². The van der Waals surface area contributed by atoms with Crippen molar-refractivity contribution in [1.29, 1.82) is 0 Å². The molecule has 1 fully saturated rings. The topological polar surface area (TPSA) is 84.5 Å². The molecule has 144 valence electrons. The van der Waals surface area contributed by atoms with Crippen molar-refractivity contribution in [2.75, 3.05) is 6.61 Å². The van der Waals surface area contributed by atoms with Crippen molar-refractivity contribution in [3.63, 3.8) is 0 Å². The van der Waals surface area contributed by atoms with Crippen LogP contribution in [0.1, 0.15) is 25.3 Å². The molecule has 2 N–H and O–H groups in total. The van der Waals surface area contributed by atoms with Gasteiger partial charge in [-0.2, -0.15) is 4.72 Å². The predicted octanol–water partition coefficient (Wildman–Crippen LogP) is 2.25. The van der Waals surface area contributed by atoms with E-state index in [1.54, 1.807) is 12.1 Å². The normalized spacial score (nSPS) is 15.1. The molecule has 1 aliphatic rings. The lowest BCUT2D eigenvalue weighted by Gasteiger charge is -2.19. The van der Waals surface area contributed by atoms with Crippen LogP contribution in [-0.4, -0.2) is 33.0 Å². The Morgan fingerprint density at radius 2 is 1.78 bits per heavy atom. The fraction of sp³-hybridized carbons (Fsp3) is 0.350. The summed E-state index contributed by atoms with van der Waals surface area (Å²) in [5.74, 6) is 0.305. The number of carbonyl (C=O) groups is 1. The second-order valence-corrected chi connectivity index (χ2v) is 8.26. The molecule has 1 amide bonds. The molecule has 0 bridgehead atoms. The number of benzene rings is 2. The van der Waals surface area contributed by atoms with E-state index in [0.717, 1.165) is 18.4 Å². The fourth-order valence-corrected chi connectivity index (χ4v) is 3.90. The maximum Gasteiger partial charge on any atom is 0.241 e. The van der Waals surface area contributed by atoms with Gasteiger partial charge in [-0.25, -0.2) is 8.42 Å². The van der Waals surface area contributed by atoms with Gasteiger partial charge in [-0.3, -0.25) is 4.79 Å². The van der Waals surface area contributed by atoms with Crippen molar-refractivity contribution < 1.29 is 17.9 Å². The summed E-state index contributed by atoms with van der Waals surface area (Å²) in [6.45, 7) is 2.36. The van der Waals surface area contributed by atoms with Gasteiger partial charge in [0.15, 0.2) is 0 Å². The number of nitrogens with one attached hydrogen (secondary N) is 2. The van der Waals surface area contributed by atoms with Crippen LogP contribution in [0.2, 0.25) is 0 Å². The SMILES string of the molecule is CCOc1ccc(S(=O)(=O)N[C@@H](Cc2ccccc2)C(=O)NC2CC2)cc1. The molecule has 1 aliphatic carbocycles. The maximum atomic E-state index is 12.8. The van der Waals surface area contributed by atoms with E-state index >= 15 is 0 Å². The van der Waals surface area contributed by atoms with Crippen LogP contribution in [0.25, 0.3) is 0 Å². The van der Waals surface area contributed by atoms with Crippen molar-refractivity contribution in [3.05, 3.63) is 60.2 Å². The third-order valence-electron chi connectivity index (χ3n) is 4.27. The van der Waals surface area contributed by atoms with Crippen molar-refractivity contribution in [1.82, 2.24) is 10.0 Å². The molecule has 2 aromatic rings. The highest BCUT2D eigenvalue weighted by atomic mass is 32.2. The molecule has 7 heteroatoms. The van der Waals surface area contributed by atoms with Gasteiger partial charge in [0.05, 0.1) is 11.5 Å². The maximum absolute atomic E-state index is 12.8. The highest BCUT2D eigenvalue weighted by Crippen LogP contribution is 2.20. The Labute approximate surface area is 160 Å². The largest absolute Gasteiger partial charge is 0.494 e. The van der Waals surface area contributed by atoms with Crippen molar-refractivity contribution in [2.24, 2.45) is 0 Å². The van der Waals surface area contributed by atoms with E-state index in [9.17, 15) is 13.2 Å². The van der Waals surface area contributed by atoms with Crippen molar-refractivity contribution in [3.8, 4) is 5.75 Å². The molecule has 3 rings (SSSR count). The van der Waals surface area contributed by atoms with Crippen LogP contribution in [-0.2, 0) is 21.2 Å². The molecule has 0 heterocycles. The summed E-state index contributed by atoms with van der Waals surface area (Å²) < 4.78 is 33.5. The number of sulfonamides is 1. The van der Waals surface area contributed by atoms with Gasteiger partial charge in [0.25, 0.3) is 0 Å². The minimum atomic E-state index is -3.84. The lowest BCUT2D eigenvalue weighted by molar-refractivity contribution is -0.122. The zero-order valence-electron chi connectivity index (χ0n) is 15.2. The van der Waals surface area contributed by atoms with Crippen LogP contribution in [0.15, 0.2) is 59.5 Å². The van der Waals surface area contributed by atoms with Crippen molar-refractivity contribution >= 4 is 15.9 Å². The quantitative estimate of drug-likeness (QED) is 0.690. The van der Waals surface area contributed by atoms with Gasteiger partial charge in [-0.05, 0) is 56.0 Å². The molecule has 6 nitrogen and oxygen atoms in total. The van der Waals surface area contributed by atoms with Crippen LogP contribution in [0.4, 0.5) is 0 Å². The van der Waals surface area contributed by atoms with Gasteiger partial charge in [-0.1, -0.05) is 30.3 Å². The van der Waals surface area contributed by atoms with E-state index < -0.39 is 16.1 Å². The average molecular weight is 388 g/mol. The monoisotopic (exact) mass is 388 g/mol. The summed E-state index contributed by atoms with van der Waals surface area (Å²) in [7, 11) is -3.84. The van der Waals surface area contributed by atoms with Gasteiger partial charge in [0.2, 0.25) is 15.9 Å². The Balaban J connectivity index is 1.77. The molecule has 27 heavy (non-hydrogen) atoms. The highest BCUT2D eigenvalue weighted by Gasteiger charge is 2.30. The molecular weight excluding hydrogens is 364 g/mol. The number of hydrogen-bond donors (Lipinski definition) is 2. The molecule has 2 aromatic carbocycles. The van der Waals surface area contributed by atoms with Gasteiger partial charge in [0, 0.05) is 6.04 Å². The van der Waals surface area contributed by atoms with Gasteiger partial charge in [0.1, 0.15) is 11.8 Å². The van der Waals surface area contributed by atoms with Crippen LogP contribution in [0.3, 0.4) is 0 Å². The van der Waals surface area contributed by atoms with Gasteiger partial charge < -0.3 is 10.1 Å². The van der Waals surface area contributed by atoms with Crippen LogP contribution >= 0.6 is 0 Å². The Kier molecular flexibility index (Phi) is 6.13. The second-order valence-electron chi connectivity index (χ2n) is 6.55. The second kappa shape index (κ2) is 8.54. The molecular formula is C20H24N2O4S.